The molecule has 1 atom stereocenters. The van der Waals surface area contributed by atoms with Crippen LogP contribution in [0.2, 0.25) is 0 Å². The minimum atomic E-state index is 0.540. The lowest BCUT2D eigenvalue weighted by molar-refractivity contribution is 0.559. The molecule has 0 spiro atoms. The summed E-state index contributed by atoms with van der Waals surface area (Å²) in [6.07, 6.45) is 9.40. The fraction of sp³-hybridized carbons (Fsp3) is 0.647. The van der Waals surface area contributed by atoms with E-state index in [2.05, 4.69) is 38.1 Å². The van der Waals surface area contributed by atoms with Gasteiger partial charge in [-0.1, -0.05) is 75.3 Å². The SMILES string of the molecule is CCCCCCCCC(CCl)c1cccc(C)c1. The molecule has 1 aromatic rings. The second-order valence-corrected chi connectivity index (χ2v) is 5.63. The first-order chi connectivity index (χ1) is 8.77. The van der Waals surface area contributed by atoms with E-state index in [0.717, 1.165) is 5.88 Å². The van der Waals surface area contributed by atoms with Gasteiger partial charge in [0.1, 0.15) is 0 Å². The standard InChI is InChI=1S/C17H27Cl/c1-3-4-5-6-7-8-11-17(14-18)16-12-9-10-15(2)13-16/h9-10,12-13,17H,3-8,11,14H2,1-2H3. The predicted octanol–water partition coefficient (Wildman–Crippen LogP) is 6.07. The van der Waals surface area contributed by atoms with Crippen LogP contribution in [-0.2, 0) is 0 Å². The molecular weight excluding hydrogens is 240 g/mol. The summed E-state index contributed by atoms with van der Waals surface area (Å²) in [5.41, 5.74) is 2.75. The summed E-state index contributed by atoms with van der Waals surface area (Å²) in [6, 6.07) is 8.80. The van der Waals surface area contributed by atoms with Gasteiger partial charge in [0.2, 0.25) is 0 Å². The molecule has 0 aliphatic heterocycles. The summed E-state index contributed by atoms with van der Waals surface area (Å²) in [4.78, 5) is 0. The molecule has 0 bridgehead atoms. The number of hydrogen-bond donors (Lipinski definition) is 0. The second kappa shape index (κ2) is 9.44. The van der Waals surface area contributed by atoms with Crippen molar-refractivity contribution in [3.05, 3.63) is 35.4 Å². The van der Waals surface area contributed by atoms with E-state index in [1.54, 1.807) is 0 Å². The molecule has 0 saturated carbocycles. The molecule has 0 aliphatic rings. The number of benzene rings is 1. The van der Waals surface area contributed by atoms with Gasteiger partial charge in [-0.2, -0.15) is 0 Å². The Bertz CT molecular complexity index is 319. The maximum Gasteiger partial charge on any atom is 0.0292 e. The van der Waals surface area contributed by atoms with Gasteiger partial charge in [-0.15, -0.1) is 11.6 Å². The number of hydrogen-bond acceptors (Lipinski definition) is 0. The first kappa shape index (κ1) is 15.6. The summed E-state index contributed by atoms with van der Waals surface area (Å²) in [5, 5.41) is 0. The Morgan fingerprint density at radius 1 is 1.06 bits per heavy atom. The van der Waals surface area contributed by atoms with Gasteiger partial charge in [-0.05, 0) is 24.8 Å². The van der Waals surface area contributed by atoms with E-state index in [-0.39, 0.29) is 0 Å². The molecule has 0 N–H and O–H groups in total. The van der Waals surface area contributed by atoms with Crippen LogP contribution < -0.4 is 0 Å². The zero-order chi connectivity index (χ0) is 13.2. The van der Waals surface area contributed by atoms with Crippen LogP contribution >= 0.6 is 11.6 Å². The molecule has 0 nitrogen and oxygen atoms in total. The van der Waals surface area contributed by atoms with Crippen LogP contribution in [0, 0.1) is 6.92 Å². The van der Waals surface area contributed by atoms with Crippen LogP contribution in [0.3, 0.4) is 0 Å². The molecular formula is C17H27Cl. The van der Waals surface area contributed by atoms with Crippen molar-refractivity contribution in [2.45, 2.75) is 64.7 Å². The van der Waals surface area contributed by atoms with Crippen molar-refractivity contribution in [2.75, 3.05) is 5.88 Å². The van der Waals surface area contributed by atoms with E-state index < -0.39 is 0 Å². The van der Waals surface area contributed by atoms with E-state index in [4.69, 9.17) is 11.6 Å². The van der Waals surface area contributed by atoms with Crippen LogP contribution in [0.25, 0.3) is 0 Å². The lowest BCUT2D eigenvalue weighted by Crippen LogP contribution is -2.01. The van der Waals surface area contributed by atoms with Crippen LogP contribution in [0.5, 0.6) is 0 Å². The van der Waals surface area contributed by atoms with Crippen molar-refractivity contribution in [1.82, 2.24) is 0 Å². The van der Waals surface area contributed by atoms with E-state index in [1.165, 1.54) is 56.1 Å². The number of unbranched alkanes of at least 4 members (excludes halogenated alkanes) is 5. The molecule has 18 heavy (non-hydrogen) atoms. The molecule has 1 unspecified atom stereocenters. The first-order valence-corrected chi connectivity index (χ1v) is 7.94. The Morgan fingerprint density at radius 3 is 2.44 bits per heavy atom. The van der Waals surface area contributed by atoms with Crippen molar-refractivity contribution in [3.63, 3.8) is 0 Å². The lowest BCUT2D eigenvalue weighted by atomic mass is 9.93. The summed E-state index contributed by atoms with van der Waals surface area (Å²) < 4.78 is 0. The highest BCUT2D eigenvalue weighted by atomic mass is 35.5. The van der Waals surface area contributed by atoms with Crippen LogP contribution in [0.4, 0.5) is 0 Å². The maximum absolute atomic E-state index is 6.12. The van der Waals surface area contributed by atoms with E-state index in [1.807, 2.05) is 0 Å². The third kappa shape index (κ3) is 5.91. The molecule has 0 amide bonds. The first-order valence-electron chi connectivity index (χ1n) is 7.40. The van der Waals surface area contributed by atoms with E-state index in [0.29, 0.717) is 5.92 Å². The van der Waals surface area contributed by atoms with Crippen molar-refractivity contribution in [2.24, 2.45) is 0 Å². The highest BCUT2D eigenvalue weighted by Gasteiger charge is 2.09. The van der Waals surface area contributed by atoms with Crippen LogP contribution in [0.15, 0.2) is 24.3 Å². The molecule has 1 heteroatoms. The Labute approximate surface area is 118 Å². The molecule has 0 heterocycles. The Kier molecular flexibility index (Phi) is 8.17. The minimum Gasteiger partial charge on any atom is -0.126 e. The van der Waals surface area contributed by atoms with Gasteiger partial charge in [0.15, 0.2) is 0 Å². The largest absolute Gasteiger partial charge is 0.126 e. The van der Waals surface area contributed by atoms with Gasteiger partial charge in [0.25, 0.3) is 0 Å². The fourth-order valence-electron chi connectivity index (χ4n) is 2.43. The molecule has 1 aromatic carbocycles. The normalized spacial score (nSPS) is 12.6. The van der Waals surface area contributed by atoms with Gasteiger partial charge in [0, 0.05) is 5.88 Å². The van der Waals surface area contributed by atoms with Crippen molar-refractivity contribution >= 4 is 11.6 Å². The third-order valence-corrected chi connectivity index (χ3v) is 3.98. The van der Waals surface area contributed by atoms with Crippen molar-refractivity contribution in [3.8, 4) is 0 Å². The molecule has 0 aliphatic carbocycles. The Morgan fingerprint density at radius 2 is 1.78 bits per heavy atom. The predicted molar refractivity (Wildman–Crippen MR) is 82.6 cm³/mol. The van der Waals surface area contributed by atoms with Crippen molar-refractivity contribution in [1.29, 1.82) is 0 Å². The number of halogens is 1. The molecule has 0 radical (unpaired) electrons. The molecule has 0 aromatic heterocycles. The monoisotopic (exact) mass is 266 g/mol. The average molecular weight is 267 g/mol. The fourth-order valence-corrected chi connectivity index (χ4v) is 2.76. The number of rotatable bonds is 9. The second-order valence-electron chi connectivity index (χ2n) is 5.32. The highest BCUT2D eigenvalue weighted by molar-refractivity contribution is 6.18. The molecule has 0 saturated heterocycles. The quantitative estimate of drug-likeness (QED) is 0.376. The summed E-state index contributed by atoms with van der Waals surface area (Å²) >= 11 is 6.12. The molecule has 1 rings (SSSR count). The average Bonchev–Trinajstić information content (AvgIpc) is 2.38. The maximum atomic E-state index is 6.12. The zero-order valence-electron chi connectivity index (χ0n) is 11.9. The van der Waals surface area contributed by atoms with Gasteiger partial charge in [-0.3, -0.25) is 0 Å². The van der Waals surface area contributed by atoms with Gasteiger partial charge < -0.3 is 0 Å². The van der Waals surface area contributed by atoms with E-state index >= 15 is 0 Å². The van der Waals surface area contributed by atoms with Crippen molar-refractivity contribution < 1.29 is 0 Å². The summed E-state index contributed by atoms with van der Waals surface area (Å²) in [5.74, 6) is 1.29. The van der Waals surface area contributed by atoms with Crippen LogP contribution in [-0.4, -0.2) is 5.88 Å². The number of alkyl halides is 1. The van der Waals surface area contributed by atoms with Crippen LogP contribution in [0.1, 0.15) is 68.9 Å². The smallest absolute Gasteiger partial charge is 0.0292 e. The van der Waals surface area contributed by atoms with Gasteiger partial charge in [0.05, 0.1) is 0 Å². The Balaban J connectivity index is 2.29. The van der Waals surface area contributed by atoms with E-state index in [9.17, 15) is 0 Å². The number of aryl methyl sites for hydroxylation is 1. The molecule has 102 valence electrons. The Hall–Kier alpha value is -0.490. The lowest BCUT2D eigenvalue weighted by Gasteiger charge is -2.14. The van der Waals surface area contributed by atoms with Gasteiger partial charge in [-0.25, -0.2) is 0 Å². The topological polar surface area (TPSA) is 0 Å². The summed E-state index contributed by atoms with van der Waals surface area (Å²) in [7, 11) is 0. The molecule has 0 fully saturated rings. The summed E-state index contributed by atoms with van der Waals surface area (Å²) in [6.45, 7) is 4.42. The highest BCUT2D eigenvalue weighted by Crippen LogP contribution is 2.25. The zero-order valence-corrected chi connectivity index (χ0v) is 12.7. The minimum absolute atomic E-state index is 0.540. The van der Waals surface area contributed by atoms with Gasteiger partial charge >= 0.3 is 0 Å². The third-order valence-electron chi connectivity index (χ3n) is 3.61.